The lowest BCUT2D eigenvalue weighted by molar-refractivity contribution is 0.161. The molecule has 0 amide bonds. The zero-order chi connectivity index (χ0) is 19.2. The second-order valence-corrected chi connectivity index (χ2v) is 8.81. The largest absolute Gasteiger partial charge is 0.363 e. The van der Waals surface area contributed by atoms with Gasteiger partial charge in [0.05, 0.1) is 5.69 Å². The fourth-order valence-electron chi connectivity index (χ4n) is 5.25. The van der Waals surface area contributed by atoms with E-state index in [2.05, 4.69) is 54.9 Å². The van der Waals surface area contributed by atoms with Gasteiger partial charge >= 0.3 is 0 Å². The van der Waals surface area contributed by atoms with Crippen molar-refractivity contribution >= 4 is 5.69 Å². The summed E-state index contributed by atoms with van der Waals surface area (Å²) in [5, 5.41) is 4.59. The maximum absolute atomic E-state index is 13.8. The Morgan fingerprint density at radius 3 is 2.81 bits per heavy atom. The number of benzene rings is 1. The molecule has 0 N–H and O–H groups in total. The average Bonchev–Trinajstić information content (AvgIpc) is 3.09. The van der Waals surface area contributed by atoms with E-state index in [4.69, 9.17) is 0 Å². The molecule has 2 aromatic rings. The Labute approximate surface area is 162 Å². The number of anilines is 1. The highest BCUT2D eigenvalue weighted by Crippen LogP contribution is 2.44. The molecular weight excluding hydrogens is 339 g/mol. The number of fused-ring (bicyclic) bond motifs is 1. The summed E-state index contributed by atoms with van der Waals surface area (Å²) in [5.41, 5.74) is 3.57. The van der Waals surface area contributed by atoms with E-state index in [1.807, 2.05) is 10.7 Å². The van der Waals surface area contributed by atoms with E-state index in [0.717, 1.165) is 50.4 Å². The Kier molecular flexibility index (Phi) is 4.75. The molecule has 2 atom stereocenters. The van der Waals surface area contributed by atoms with Crippen LogP contribution in [-0.4, -0.2) is 39.4 Å². The first-order valence-electron chi connectivity index (χ1n) is 10.2. The van der Waals surface area contributed by atoms with Gasteiger partial charge in [-0.15, -0.1) is 0 Å². The van der Waals surface area contributed by atoms with Crippen molar-refractivity contribution in [3.8, 4) is 0 Å². The normalized spacial score (nSPS) is 25.0. The van der Waals surface area contributed by atoms with E-state index in [1.165, 1.54) is 11.6 Å². The molecule has 0 spiro atoms. The first-order valence-corrected chi connectivity index (χ1v) is 10.2. The molecule has 0 aliphatic carbocycles. The molecule has 0 radical (unpaired) electrons. The Bertz CT molecular complexity index is 812. The number of aromatic nitrogens is 2. The molecule has 4 nitrogen and oxygen atoms in total. The van der Waals surface area contributed by atoms with Crippen LogP contribution in [0.3, 0.4) is 0 Å². The van der Waals surface area contributed by atoms with Crippen LogP contribution in [0.15, 0.2) is 30.5 Å². The third kappa shape index (κ3) is 3.49. The molecule has 2 saturated heterocycles. The zero-order valence-corrected chi connectivity index (χ0v) is 17.0. The number of aryl methyl sites for hydroxylation is 2. The highest BCUT2D eigenvalue weighted by Gasteiger charge is 2.48. The van der Waals surface area contributed by atoms with Crippen LogP contribution in [0.1, 0.15) is 44.9 Å². The summed E-state index contributed by atoms with van der Waals surface area (Å²) in [7, 11) is 0. The lowest BCUT2D eigenvalue weighted by atomic mass is 9.89. The maximum atomic E-state index is 13.8. The van der Waals surface area contributed by atoms with Crippen molar-refractivity contribution in [2.45, 2.75) is 65.2 Å². The molecule has 27 heavy (non-hydrogen) atoms. The molecule has 5 heteroatoms. The summed E-state index contributed by atoms with van der Waals surface area (Å²) in [6, 6.07) is 7.61. The van der Waals surface area contributed by atoms with Crippen molar-refractivity contribution in [2.24, 2.45) is 5.92 Å². The van der Waals surface area contributed by atoms with Crippen LogP contribution in [-0.2, 0) is 13.1 Å². The van der Waals surface area contributed by atoms with E-state index in [-0.39, 0.29) is 11.4 Å². The number of rotatable bonds is 4. The van der Waals surface area contributed by atoms with Gasteiger partial charge in [0.2, 0.25) is 0 Å². The van der Waals surface area contributed by atoms with Gasteiger partial charge in [0, 0.05) is 55.2 Å². The van der Waals surface area contributed by atoms with Crippen molar-refractivity contribution < 1.29 is 4.39 Å². The monoisotopic (exact) mass is 370 g/mol. The van der Waals surface area contributed by atoms with Crippen LogP contribution in [0.5, 0.6) is 0 Å². The molecule has 146 valence electrons. The minimum Gasteiger partial charge on any atom is -0.363 e. The number of hydrogen-bond acceptors (Lipinski definition) is 3. The second kappa shape index (κ2) is 6.93. The summed E-state index contributed by atoms with van der Waals surface area (Å²) in [5.74, 6) is 0.478. The molecule has 0 bridgehead atoms. The zero-order valence-electron chi connectivity index (χ0n) is 17.0. The van der Waals surface area contributed by atoms with Crippen molar-refractivity contribution in [1.29, 1.82) is 0 Å². The summed E-state index contributed by atoms with van der Waals surface area (Å²) < 4.78 is 15.9. The van der Waals surface area contributed by atoms with E-state index in [9.17, 15) is 4.39 Å². The van der Waals surface area contributed by atoms with Crippen LogP contribution in [0.4, 0.5) is 10.1 Å². The molecular formula is C22H31FN4. The van der Waals surface area contributed by atoms with E-state index in [1.54, 1.807) is 6.07 Å². The standard InChI is InChI=1S/C22H31FN4/c1-5-26-15-18(16(2)24-26)14-25-10-9-21-17(13-25)12-22(3,4)27(21)20-8-6-7-19(23)11-20/h6-8,11,15,17,21H,5,9-10,12-14H2,1-4H3/t17-,21+/m1/s1. The molecule has 2 aliphatic rings. The number of hydrogen-bond donors (Lipinski definition) is 0. The Balaban J connectivity index is 1.50. The lowest BCUT2D eigenvalue weighted by Crippen LogP contribution is -2.48. The van der Waals surface area contributed by atoms with Gasteiger partial charge in [-0.3, -0.25) is 9.58 Å². The summed E-state index contributed by atoms with van der Waals surface area (Å²) in [6.07, 6.45) is 4.47. The Morgan fingerprint density at radius 1 is 1.30 bits per heavy atom. The number of halogens is 1. The summed E-state index contributed by atoms with van der Waals surface area (Å²) >= 11 is 0. The van der Waals surface area contributed by atoms with Crippen molar-refractivity contribution in [3.05, 3.63) is 47.5 Å². The lowest BCUT2D eigenvalue weighted by Gasteiger charge is -2.42. The Hall–Kier alpha value is -1.88. The quantitative estimate of drug-likeness (QED) is 0.805. The fraction of sp³-hybridized carbons (Fsp3) is 0.591. The Morgan fingerprint density at radius 2 is 2.11 bits per heavy atom. The van der Waals surface area contributed by atoms with E-state index >= 15 is 0 Å². The van der Waals surface area contributed by atoms with Crippen molar-refractivity contribution in [1.82, 2.24) is 14.7 Å². The number of piperidine rings is 1. The molecule has 3 heterocycles. The van der Waals surface area contributed by atoms with Gasteiger partial charge in [-0.05, 0) is 64.7 Å². The second-order valence-electron chi connectivity index (χ2n) is 8.81. The third-order valence-electron chi connectivity index (χ3n) is 6.38. The van der Waals surface area contributed by atoms with Gasteiger partial charge in [0.1, 0.15) is 5.82 Å². The van der Waals surface area contributed by atoms with Crippen LogP contribution < -0.4 is 4.90 Å². The minimum absolute atomic E-state index is 0.0577. The molecule has 1 aromatic heterocycles. The van der Waals surface area contributed by atoms with Gasteiger partial charge in [-0.2, -0.15) is 5.10 Å². The predicted octanol–water partition coefficient (Wildman–Crippen LogP) is 4.23. The average molecular weight is 371 g/mol. The third-order valence-corrected chi connectivity index (χ3v) is 6.38. The van der Waals surface area contributed by atoms with Crippen LogP contribution in [0, 0.1) is 18.7 Å². The number of nitrogens with zero attached hydrogens (tertiary/aromatic N) is 4. The SMILES string of the molecule is CCn1cc(CN2CC[C@H]3[C@@H](C2)CC(C)(C)N3c2cccc(F)c2)c(C)n1. The van der Waals surface area contributed by atoms with E-state index < -0.39 is 0 Å². The molecule has 0 saturated carbocycles. The van der Waals surface area contributed by atoms with Crippen LogP contribution >= 0.6 is 0 Å². The fourth-order valence-corrected chi connectivity index (χ4v) is 5.25. The van der Waals surface area contributed by atoms with Crippen LogP contribution in [0.2, 0.25) is 0 Å². The van der Waals surface area contributed by atoms with Crippen molar-refractivity contribution in [3.63, 3.8) is 0 Å². The van der Waals surface area contributed by atoms with Gasteiger partial charge in [-0.25, -0.2) is 4.39 Å². The molecule has 1 aromatic carbocycles. The molecule has 0 unspecified atom stereocenters. The van der Waals surface area contributed by atoms with Gasteiger partial charge < -0.3 is 4.90 Å². The maximum Gasteiger partial charge on any atom is 0.125 e. The van der Waals surface area contributed by atoms with Crippen molar-refractivity contribution in [2.75, 3.05) is 18.0 Å². The highest BCUT2D eigenvalue weighted by atomic mass is 19.1. The van der Waals surface area contributed by atoms with Gasteiger partial charge in [-0.1, -0.05) is 6.07 Å². The molecule has 2 fully saturated rings. The minimum atomic E-state index is -0.146. The number of likely N-dealkylation sites (tertiary alicyclic amines) is 1. The first kappa shape index (κ1) is 18.5. The van der Waals surface area contributed by atoms with Gasteiger partial charge in [0.15, 0.2) is 0 Å². The molecule has 4 rings (SSSR count). The molecule has 2 aliphatic heterocycles. The highest BCUT2D eigenvalue weighted by molar-refractivity contribution is 5.52. The van der Waals surface area contributed by atoms with Gasteiger partial charge in [0.25, 0.3) is 0 Å². The smallest absolute Gasteiger partial charge is 0.125 e. The summed E-state index contributed by atoms with van der Waals surface area (Å²) in [6.45, 7) is 12.9. The topological polar surface area (TPSA) is 24.3 Å². The summed E-state index contributed by atoms with van der Waals surface area (Å²) in [4.78, 5) is 5.06. The predicted molar refractivity (Wildman–Crippen MR) is 107 cm³/mol. The first-order chi connectivity index (χ1) is 12.9. The van der Waals surface area contributed by atoms with E-state index in [0.29, 0.717) is 12.0 Å². The van der Waals surface area contributed by atoms with Crippen LogP contribution in [0.25, 0.3) is 0 Å².